The smallest absolute Gasteiger partial charge is 0.198 e. The average molecular weight is 353 g/mol. The van der Waals surface area contributed by atoms with Gasteiger partial charge in [0.2, 0.25) is 0 Å². The molecule has 1 aromatic carbocycles. The van der Waals surface area contributed by atoms with Gasteiger partial charge in [0.25, 0.3) is 0 Å². The number of nitrogens with zero attached hydrogens (tertiary/aromatic N) is 4. The van der Waals surface area contributed by atoms with Crippen molar-refractivity contribution < 1.29 is 14.5 Å². The first-order valence-electron chi connectivity index (χ1n) is 6.52. The highest BCUT2D eigenvalue weighted by Gasteiger charge is 2.22. The molecule has 3 rings (SSSR count). The molecule has 7 nitrogen and oxygen atoms in total. The Labute approximate surface area is 141 Å². The quantitative estimate of drug-likeness (QED) is 0.397. The number of rotatable bonds is 5. The third-order valence-corrected chi connectivity index (χ3v) is 3.89. The molecule has 0 aliphatic carbocycles. The Morgan fingerprint density at radius 2 is 1.96 bits per heavy atom. The van der Waals surface area contributed by atoms with Crippen LogP contribution in [-0.2, 0) is 4.89 Å². The van der Waals surface area contributed by atoms with Gasteiger partial charge in [-0.1, -0.05) is 29.4 Å². The van der Waals surface area contributed by atoms with Crippen molar-refractivity contribution in [1.82, 2.24) is 19.5 Å². The van der Waals surface area contributed by atoms with Gasteiger partial charge in [0, 0.05) is 0 Å². The van der Waals surface area contributed by atoms with E-state index in [1.54, 1.807) is 23.8 Å². The Balaban J connectivity index is 2.37. The number of halogens is 1. The van der Waals surface area contributed by atoms with Crippen LogP contribution in [0, 0.1) is 0 Å². The highest BCUT2D eigenvalue weighted by atomic mass is 35.5. The van der Waals surface area contributed by atoms with Gasteiger partial charge in [0.15, 0.2) is 22.2 Å². The van der Waals surface area contributed by atoms with E-state index in [2.05, 4.69) is 15.0 Å². The molecule has 0 saturated heterocycles. The van der Waals surface area contributed by atoms with Gasteiger partial charge in [-0.2, -0.15) is 4.89 Å². The van der Waals surface area contributed by atoms with Crippen LogP contribution in [0.4, 0.5) is 0 Å². The maximum Gasteiger partial charge on any atom is 0.198 e. The molecule has 0 aliphatic rings. The molecule has 0 amide bonds. The average Bonchev–Trinajstić information content (AvgIpc) is 2.92. The molecule has 0 fully saturated rings. The summed E-state index contributed by atoms with van der Waals surface area (Å²) in [4.78, 5) is 23.1. The summed E-state index contributed by atoms with van der Waals surface area (Å²) in [6.07, 6.45) is 3.37. The molecule has 0 atom stereocenters. The minimum Gasteiger partial charge on any atom is -0.494 e. The summed E-state index contributed by atoms with van der Waals surface area (Å²) < 4.78 is 7.24. The van der Waals surface area contributed by atoms with E-state index in [-0.39, 0.29) is 5.15 Å². The van der Waals surface area contributed by atoms with Crippen molar-refractivity contribution in [2.24, 2.45) is 0 Å². The second-order valence-electron chi connectivity index (χ2n) is 4.33. The van der Waals surface area contributed by atoms with Gasteiger partial charge in [-0.25, -0.2) is 15.0 Å². The molecular formula is C14H13ClN4O3S. The lowest BCUT2D eigenvalue weighted by Crippen LogP contribution is -2.05. The van der Waals surface area contributed by atoms with E-state index < -0.39 is 0 Å². The Bertz CT molecular complexity index is 855. The molecule has 0 N–H and O–H groups in total. The number of imidazole rings is 1. The monoisotopic (exact) mass is 352 g/mol. The highest BCUT2D eigenvalue weighted by molar-refractivity contribution is 7.98. The molecule has 0 saturated carbocycles. The first-order chi connectivity index (χ1) is 11.2. The normalized spacial score (nSPS) is 11.0. The summed E-state index contributed by atoms with van der Waals surface area (Å²) >= 11 is 7.44. The largest absolute Gasteiger partial charge is 0.494 e. The van der Waals surface area contributed by atoms with Crippen LogP contribution in [0.3, 0.4) is 0 Å². The van der Waals surface area contributed by atoms with Crippen molar-refractivity contribution in [2.75, 3.05) is 20.5 Å². The molecule has 0 bridgehead atoms. The molecule has 3 aromatic rings. The predicted molar refractivity (Wildman–Crippen MR) is 87.6 cm³/mol. The minimum absolute atomic E-state index is 0.274. The van der Waals surface area contributed by atoms with Crippen LogP contribution in [0.1, 0.15) is 0 Å². The van der Waals surface area contributed by atoms with Crippen molar-refractivity contribution in [3.8, 4) is 17.2 Å². The summed E-state index contributed by atoms with van der Waals surface area (Å²) in [5.41, 5.74) is 1.60. The second-order valence-corrected chi connectivity index (χ2v) is 5.49. The molecule has 0 aliphatic heterocycles. The number of aromatic nitrogens is 4. The van der Waals surface area contributed by atoms with Gasteiger partial charge in [-0.15, -0.1) is 0 Å². The van der Waals surface area contributed by atoms with Gasteiger partial charge in [0.1, 0.15) is 16.6 Å². The maximum absolute atomic E-state index is 6.00. The van der Waals surface area contributed by atoms with E-state index in [0.717, 1.165) is 0 Å². The van der Waals surface area contributed by atoms with Crippen LogP contribution in [-0.4, -0.2) is 40.0 Å². The summed E-state index contributed by atoms with van der Waals surface area (Å²) in [5, 5.41) is 0.947. The zero-order valence-electron chi connectivity index (χ0n) is 12.6. The van der Waals surface area contributed by atoms with Gasteiger partial charge in [0.05, 0.1) is 20.4 Å². The first kappa shape index (κ1) is 15.9. The molecule has 120 valence electrons. The lowest BCUT2D eigenvalue weighted by atomic mass is 10.2. The van der Waals surface area contributed by atoms with Crippen molar-refractivity contribution in [2.45, 2.75) is 5.16 Å². The third-order valence-electron chi connectivity index (χ3n) is 3.07. The van der Waals surface area contributed by atoms with Crippen LogP contribution >= 0.6 is 23.4 Å². The van der Waals surface area contributed by atoms with Crippen molar-refractivity contribution in [3.05, 3.63) is 29.5 Å². The van der Waals surface area contributed by atoms with E-state index in [1.807, 2.05) is 12.3 Å². The molecule has 0 unspecified atom stereocenters. The zero-order valence-corrected chi connectivity index (χ0v) is 14.2. The maximum atomic E-state index is 6.00. The third kappa shape index (κ3) is 2.80. The number of thioether (sulfide) groups is 1. The van der Waals surface area contributed by atoms with Crippen molar-refractivity contribution in [3.63, 3.8) is 0 Å². The minimum atomic E-state index is 0.274. The van der Waals surface area contributed by atoms with Gasteiger partial charge < -0.3 is 9.62 Å². The first-order valence-corrected chi connectivity index (χ1v) is 8.13. The fraction of sp³-hybridized carbons (Fsp3) is 0.214. The number of benzene rings is 1. The molecular weight excluding hydrogens is 340 g/mol. The lowest BCUT2D eigenvalue weighted by molar-refractivity contribution is -0.178. The SMILES string of the molecule is COOc1cccc(OC)c1-n1c(SC)nc2ncc(Cl)nc21. The van der Waals surface area contributed by atoms with Crippen LogP contribution in [0.25, 0.3) is 17.0 Å². The van der Waals surface area contributed by atoms with Crippen LogP contribution in [0.15, 0.2) is 29.6 Å². The number of methoxy groups -OCH3 is 1. The highest BCUT2D eigenvalue weighted by Crippen LogP contribution is 2.37. The number of hydrogen-bond donors (Lipinski definition) is 0. The topological polar surface area (TPSA) is 71.3 Å². The van der Waals surface area contributed by atoms with Crippen molar-refractivity contribution >= 4 is 34.7 Å². The Hall–Kier alpha value is -2.03. The fourth-order valence-corrected chi connectivity index (χ4v) is 2.86. The van der Waals surface area contributed by atoms with Crippen LogP contribution in [0.2, 0.25) is 5.15 Å². The molecule has 23 heavy (non-hydrogen) atoms. The van der Waals surface area contributed by atoms with Crippen LogP contribution in [0.5, 0.6) is 11.5 Å². The fourth-order valence-electron chi connectivity index (χ4n) is 2.20. The molecule has 0 spiro atoms. The van der Waals surface area contributed by atoms with Crippen LogP contribution < -0.4 is 9.62 Å². The number of para-hydroxylation sites is 1. The lowest BCUT2D eigenvalue weighted by Gasteiger charge is -2.15. The molecule has 2 heterocycles. The van der Waals surface area contributed by atoms with E-state index in [9.17, 15) is 0 Å². The number of fused-ring (bicyclic) bond motifs is 1. The zero-order chi connectivity index (χ0) is 16.4. The summed E-state index contributed by atoms with van der Waals surface area (Å²) in [5.74, 6) is 1.04. The Morgan fingerprint density at radius 3 is 2.65 bits per heavy atom. The van der Waals surface area contributed by atoms with Gasteiger partial charge >= 0.3 is 0 Å². The summed E-state index contributed by atoms with van der Waals surface area (Å²) in [6, 6.07) is 5.37. The van der Waals surface area contributed by atoms with Gasteiger partial charge in [-0.3, -0.25) is 4.57 Å². The Morgan fingerprint density at radius 1 is 1.17 bits per heavy atom. The van der Waals surface area contributed by atoms with Gasteiger partial charge in [-0.05, 0) is 18.4 Å². The molecule has 0 radical (unpaired) electrons. The van der Waals surface area contributed by atoms with E-state index in [4.69, 9.17) is 26.1 Å². The standard InChI is InChI=1S/C14H13ClN4O3S/c1-20-8-5-4-6-9(22-21-2)11(8)19-13-12(18-14(19)23-3)16-7-10(15)17-13/h4-7H,1-3H3. The predicted octanol–water partition coefficient (Wildman–Crippen LogP) is 3.14. The second kappa shape index (κ2) is 6.61. The van der Waals surface area contributed by atoms with E-state index in [0.29, 0.717) is 33.6 Å². The Kier molecular flexibility index (Phi) is 4.56. The van der Waals surface area contributed by atoms with Crippen molar-refractivity contribution in [1.29, 1.82) is 0 Å². The van der Waals surface area contributed by atoms with E-state index in [1.165, 1.54) is 25.1 Å². The summed E-state index contributed by atoms with van der Waals surface area (Å²) in [7, 11) is 3.01. The molecule has 2 aromatic heterocycles. The molecule has 9 heteroatoms. The summed E-state index contributed by atoms with van der Waals surface area (Å²) in [6.45, 7) is 0. The van der Waals surface area contributed by atoms with E-state index >= 15 is 0 Å². The number of ether oxygens (including phenoxy) is 1. The number of hydrogen-bond acceptors (Lipinski definition) is 7.